The van der Waals surface area contributed by atoms with Crippen molar-refractivity contribution in [1.29, 1.82) is 0 Å². The molecule has 25 heavy (non-hydrogen) atoms. The maximum Gasteiger partial charge on any atom is 0.290 e. The highest BCUT2D eigenvalue weighted by molar-refractivity contribution is 5.99. The van der Waals surface area contributed by atoms with Gasteiger partial charge in [0.1, 0.15) is 17.9 Å². The topological polar surface area (TPSA) is 42.7 Å². The van der Waals surface area contributed by atoms with Crippen LogP contribution < -0.4 is 4.74 Å². The predicted molar refractivity (Wildman–Crippen MR) is 96.7 cm³/mol. The molecule has 0 radical (unpaired) electrons. The number of carbonyl (C=O) groups is 1. The molecule has 128 valence electrons. The van der Waals surface area contributed by atoms with Gasteiger partial charge in [-0.2, -0.15) is 0 Å². The minimum Gasteiger partial charge on any atom is -0.489 e. The molecule has 0 aliphatic carbocycles. The third-order valence-electron chi connectivity index (χ3n) is 4.73. The minimum absolute atomic E-state index is 0.0350. The molecule has 1 aliphatic heterocycles. The second-order valence-electron chi connectivity index (χ2n) is 6.65. The van der Waals surface area contributed by atoms with Crippen LogP contribution in [-0.4, -0.2) is 23.9 Å². The van der Waals surface area contributed by atoms with Crippen LogP contribution in [0.5, 0.6) is 5.75 Å². The van der Waals surface area contributed by atoms with Gasteiger partial charge in [0.2, 0.25) is 0 Å². The van der Waals surface area contributed by atoms with E-state index in [-0.39, 0.29) is 5.91 Å². The Morgan fingerprint density at radius 1 is 1.16 bits per heavy atom. The van der Waals surface area contributed by atoms with Crippen molar-refractivity contribution >= 4 is 16.9 Å². The van der Waals surface area contributed by atoms with Gasteiger partial charge >= 0.3 is 0 Å². The average molecular weight is 335 g/mol. The van der Waals surface area contributed by atoms with Crippen molar-refractivity contribution in [2.75, 3.05) is 13.1 Å². The third-order valence-corrected chi connectivity index (χ3v) is 4.73. The summed E-state index contributed by atoms with van der Waals surface area (Å²) in [6.07, 6.45) is 1.04. The molecule has 1 saturated heterocycles. The molecule has 1 fully saturated rings. The largest absolute Gasteiger partial charge is 0.489 e. The van der Waals surface area contributed by atoms with Gasteiger partial charge in [0.25, 0.3) is 5.91 Å². The highest BCUT2D eigenvalue weighted by atomic mass is 16.5. The van der Waals surface area contributed by atoms with Crippen LogP contribution in [0.25, 0.3) is 11.0 Å². The predicted octanol–water partition coefficient (Wildman–Crippen LogP) is 4.49. The highest BCUT2D eigenvalue weighted by Gasteiger charge is 2.29. The van der Waals surface area contributed by atoms with E-state index in [1.54, 1.807) is 0 Å². The first-order chi connectivity index (χ1) is 12.2. The Balaban J connectivity index is 1.67. The number of hydrogen-bond acceptors (Lipinski definition) is 3. The van der Waals surface area contributed by atoms with E-state index in [1.165, 1.54) is 0 Å². The summed E-state index contributed by atoms with van der Waals surface area (Å²) in [5.41, 5.74) is 1.55. The van der Waals surface area contributed by atoms with Crippen molar-refractivity contribution in [3.8, 4) is 5.75 Å². The monoisotopic (exact) mass is 335 g/mol. The molecule has 0 bridgehead atoms. The van der Waals surface area contributed by atoms with Gasteiger partial charge in [-0.15, -0.1) is 0 Å². The molecule has 4 rings (SSSR count). The Kier molecular flexibility index (Phi) is 4.18. The lowest BCUT2D eigenvalue weighted by atomic mass is 10.1. The van der Waals surface area contributed by atoms with Crippen LogP contribution in [-0.2, 0) is 6.61 Å². The summed E-state index contributed by atoms with van der Waals surface area (Å²) in [5.74, 6) is 1.69. The molecule has 0 saturated carbocycles. The standard InChI is InChI=1S/C21H21NO3/c1-15-11-12-22(13-15)21(23)20-18(14-24-16-7-3-2-4-8-16)17-9-5-6-10-19(17)25-20/h2-10,15H,11-14H2,1H3. The zero-order valence-electron chi connectivity index (χ0n) is 14.3. The van der Waals surface area contributed by atoms with E-state index in [2.05, 4.69) is 6.92 Å². The van der Waals surface area contributed by atoms with Gasteiger partial charge in [-0.25, -0.2) is 0 Å². The summed E-state index contributed by atoms with van der Waals surface area (Å²) >= 11 is 0. The molecule has 2 heterocycles. The Labute approximate surface area is 147 Å². The number of nitrogens with zero attached hydrogens (tertiary/aromatic N) is 1. The molecule has 1 aliphatic rings. The summed E-state index contributed by atoms with van der Waals surface area (Å²) in [5, 5.41) is 0.939. The van der Waals surface area contributed by atoms with Gasteiger partial charge in [-0.3, -0.25) is 4.79 Å². The summed E-state index contributed by atoms with van der Waals surface area (Å²) in [4.78, 5) is 14.9. The fourth-order valence-electron chi connectivity index (χ4n) is 3.35. The van der Waals surface area contributed by atoms with Crippen molar-refractivity contribution in [3.63, 3.8) is 0 Å². The summed E-state index contributed by atoms with van der Waals surface area (Å²) < 4.78 is 11.8. The van der Waals surface area contributed by atoms with Crippen molar-refractivity contribution in [2.24, 2.45) is 5.92 Å². The number of likely N-dealkylation sites (tertiary alicyclic amines) is 1. The minimum atomic E-state index is -0.0350. The van der Waals surface area contributed by atoms with Gasteiger partial charge in [-0.05, 0) is 30.5 Å². The number of hydrogen-bond donors (Lipinski definition) is 0. The molecular formula is C21H21NO3. The Morgan fingerprint density at radius 3 is 2.68 bits per heavy atom. The van der Waals surface area contributed by atoms with Crippen LogP contribution in [0.2, 0.25) is 0 Å². The molecular weight excluding hydrogens is 314 g/mol. The quantitative estimate of drug-likeness (QED) is 0.705. The second kappa shape index (κ2) is 6.63. The zero-order chi connectivity index (χ0) is 17.2. The fourth-order valence-corrected chi connectivity index (χ4v) is 3.35. The van der Waals surface area contributed by atoms with E-state index in [0.717, 1.165) is 41.8 Å². The molecule has 1 aromatic heterocycles. The first-order valence-electron chi connectivity index (χ1n) is 8.70. The van der Waals surface area contributed by atoms with Gasteiger partial charge in [0, 0.05) is 24.0 Å². The van der Waals surface area contributed by atoms with Crippen LogP contribution in [0.15, 0.2) is 59.0 Å². The zero-order valence-corrected chi connectivity index (χ0v) is 14.3. The van der Waals surface area contributed by atoms with E-state index in [0.29, 0.717) is 18.3 Å². The van der Waals surface area contributed by atoms with Gasteiger partial charge in [-0.1, -0.05) is 43.3 Å². The average Bonchev–Trinajstić information content (AvgIpc) is 3.24. The third kappa shape index (κ3) is 3.12. The Hall–Kier alpha value is -2.75. The number of rotatable bonds is 4. The molecule has 0 spiro atoms. The first kappa shape index (κ1) is 15.8. The molecule has 4 nitrogen and oxygen atoms in total. The van der Waals surface area contributed by atoms with Crippen LogP contribution >= 0.6 is 0 Å². The number of furan rings is 1. The van der Waals surface area contributed by atoms with E-state index < -0.39 is 0 Å². The maximum atomic E-state index is 13.0. The number of benzene rings is 2. The molecule has 4 heteroatoms. The van der Waals surface area contributed by atoms with E-state index in [9.17, 15) is 4.79 Å². The van der Waals surface area contributed by atoms with Crippen LogP contribution in [0.1, 0.15) is 29.5 Å². The van der Waals surface area contributed by atoms with Crippen molar-refractivity contribution in [3.05, 3.63) is 65.9 Å². The fraction of sp³-hybridized carbons (Fsp3) is 0.286. The lowest BCUT2D eigenvalue weighted by Gasteiger charge is -2.15. The van der Waals surface area contributed by atoms with Crippen LogP contribution in [0.3, 0.4) is 0 Å². The lowest BCUT2D eigenvalue weighted by molar-refractivity contribution is 0.0755. The summed E-state index contributed by atoms with van der Waals surface area (Å²) in [6.45, 7) is 4.06. The number of ether oxygens (including phenoxy) is 1. The number of amides is 1. The van der Waals surface area contributed by atoms with Gasteiger partial charge < -0.3 is 14.1 Å². The lowest BCUT2D eigenvalue weighted by Crippen LogP contribution is -2.29. The molecule has 1 amide bonds. The van der Waals surface area contributed by atoms with Gasteiger partial charge in [0.15, 0.2) is 5.76 Å². The Morgan fingerprint density at radius 2 is 1.92 bits per heavy atom. The molecule has 3 aromatic rings. The Bertz CT molecular complexity index is 885. The molecule has 2 aromatic carbocycles. The summed E-state index contributed by atoms with van der Waals surface area (Å²) in [7, 11) is 0. The number of para-hydroxylation sites is 2. The van der Waals surface area contributed by atoms with Crippen LogP contribution in [0, 0.1) is 5.92 Å². The van der Waals surface area contributed by atoms with Crippen molar-refractivity contribution in [2.45, 2.75) is 20.0 Å². The van der Waals surface area contributed by atoms with E-state index in [4.69, 9.17) is 9.15 Å². The van der Waals surface area contributed by atoms with E-state index >= 15 is 0 Å². The van der Waals surface area contributed by atoms with E-state index in [1.807, 2.05) is 59.5 Å². The molecule has 1 unspecified atom stereocenters. The maximum absolute atomic E-state index is 13.0. The summed E-state index contributed by atoms with van der Waals surface area (Å²) in [6, 6.07) is 17.4. The molecule has 1 atom stereocenters. The first-order valence-corrected chi connectivity index (χ1v) is 8.70. The number of carbonyl (C=O) groups excluding carboxylic acids is 1. The van der Waals surface area contributed by atoms with Gasteiger partial charge in [0.05, 0.1) is 0 Å². The number of fused-ring (bicyclic) bond motifs is 1. The normalized spacial score (nSPS) is 17.2. The second-order valence-corrected chi connectivity index (χ2v) is 6.65. The SMILES string of the molecule is CC1CCN(C(=O)c2oc3ccccc3c2COc2ccccc2)C1. The van der Waals surface area contributed by atoms with Crippen LogP contribution in [0.4, 0.5) is 0 Å². The molecule has 0 N–H and O–H groups in total. The highest BCUT2D eigenvalue weighted by Crippen LogP contribution is 2.29. The van der Waals surface area contributed by atoms with Crippen molar-refractivity contribution in [1.82, 2.24) is 4.90 Å². The van der Waals surface area contributed by atoms with Crippen molar-refractivity contribution < 1.29 is 13.9 Å². The smallest absolute Gasteiger partial charge is 0.290 e.